The van der Waals surface area contributed by atoms with Gasteiger partial charge in [0, 0.05) is 11.9 Å². The molecule has 0 aliphatic carbocycles. The molecule has 11 heteroatoms. The largest absolute Gasteiger partial charge is 0.369 e. The number of thiophene rings is 1. The standard InChI is InChI=1S/C19H19N7O3S/c1-12-14-6-3-4-7-15(14)18(28)25(21-12)13(2)17(27)20-9-10-24-19(29)26(23-22-24)16-8-5-11-30-16/h3-8,11,13H,9-10H2,1-2H3,(H,20,27). The Kier molecular flexibility index (Phi) is 5.27. The van der Waals surface area contributed by atoms with E-state index in [1.807, 2.05) is 23.6 Å². The van der Waals surface area contributed by atoms with Crippen molar-refractivity contribution in [2.24, 2.45) is 0 Å². The molecule has 4 rings (SSSR count). The highest BCUT2D eigenvalue weighted by atomic mass is 32.1. The number of nitrogens with one attached hydrogen (secondary N) is 1. The van der Waals surface area contributed by atoms with Crippen LogP contribution in [-0.2, 0) is 11.3 Å². The number of benzene rings is 1. The van der Waals surface area contributed by atoms with Crippen LogP contribution in [0.5, 0.6) is 0 Å². The zero-order chi connectivity index (χ0) is 21.3. The van der Waals surface area contributed by atoms with E-state index in [2.05, 4.69) is 20.8 Å². The quantitative estimate of drug-likeness (QED) is 0.490. The van der Waals surface area contributed by atoms with Crippen LogP contribution in [0, 0.1) is 6.92 Å². The third-order valence-electron chi connectivity index (χ3n) is 4.74. The van der Waals surface area contributed by atoms with Crippen LogP contribution in [0.4, 0.5) is 0 Å². The highest BCUT2D eigenvalue weighted by Gasteiger charge is 2.19. The van der Waals surface area contributed by atoms with Crippen LogP contribution >= 0.6 is 11.3 Å². The number of rotatable bonds is 6. The summed E-state index contributed by atoms with van der Waals surface area (Å²) in [6, 6.07) is 9.95. The minimum Gasteiger partial charge on any atom is -0.352 e. The van der Waals surface area contributed by atoms with Crippen molar-refractivity contribution in [1.29, 1.82) is 0 Å². The topological polar surface area (TPSA) is 117 Å². The van der Waals surface area contributed by atoms with Gasteiger partial charge in [-0.05, 0) is 47.9 Å². The Labute approximate surface area is 174 Å². The molecule has 0 spiro atoms. The molecule has 1 atom stereocenters. The summed E-state index contributed by atoms with van der Waals surface area (Å²) in [5.41, 5.74) is -0.0432. The smallest absolute Gasteiger partial charge is 0.352 e. The minimum absolute atomic E-state index is 0.155. The molecule has 1 unspecified atom stereocenters. The summed E-state index contributed by atoms with van der Waals surface area (Å²) in [5.74, 6) is -0.377. The lowest BCUT2D eigenvalue weighted by atomic mass is 10.1. The molecule has 10 nitrogen and oxygen atoms in total. The summed E-state index contributed by atoms with van der Waals surface area (Å²) in [7, 11) is 0. The molecular weight excluding hydrogens is 406 g/mol. The molecule has 154 valence electrons. The molecule has 0 aliphatic heterocycles. The van der Waals surface area contributed by atoms with Crippen LogP contribution in [0.1, 0.15) is 18.7 Å². The van der Waals surface area contributed by atoms with Gasteiger partial charge in [-0.2, -0.15) is 14.5 Å². The van der Waals surface area contributed by atoms with Crippen LogP contribution in [0.2, 0.25) is 0 Å². The van der Waals surface area contributed by atoms with Gasteiger partial charge in [0.1, 0.15) is 11.0 Å². The van der Waals surface area contributed by atoms with Crippen LogP contribution in [-0.4, -0.2) is 42.0 Å². The van der Waals surface area contributed by atoms with Gasteiger partial charge in [0.25, 0.3) is 5.56 Å². The fourth-order valence-electron chi connectivity index (χ4n) is 3.12. The molecule has 1 N–H and O–H groups in total. The Morgan fingerprint density at radius 3 is 2.63 bits per heavy atom. The minimum atomic E-state index is -0.806. The van der Waals surface area contributed by atoms with E-state index in [1.54, 1.807) is 32.0 Å². The highest BCUT2D eigenvalue weighted by molar-refractivity contribution is 7.12. The number of carbonyl (C=O) groups is 1. The maximum absolute atomic E-state index is 12.7. The van der Waals surface area contributed by atoms with Crippen molar-refractivity contribution in [2.75, 3.05) is 6.54 Å². The molecule has 1 amide bonds. The number of hydrogen-bond acceptors (Lipinski definition) is 7. The number of nitrogens with zero attached hydrogens (tertiary/aromatic N) is 6. The van der Waals surface area contributed by atoms with E-state index < -0.39 is 6.04 Å². The summed E-state index contributed by atoms with van der Waals surface area (Å²) >= 11 is 1.38. The molecule has 0 saturated heterocycles. The normalized spacial score (nSPS) is 12.2. The lowest BCUT2D eigenvalue weighted by molar-refractivity contribution is -0.124. The van der Waals surface area contributed by atoms with Crippen molar-refractivity contribution in [3.8, 4) is 5.00 Å². The highest BCUT2D eigenvalue weighted by Crippen LogP contribution is 2.14. The molecule has 0 radical (unpaired) electrons. The van der Waals surface area contributed by atoms with Gasteiger partial charge in [-0.15, -0.1) is 11.3 Å². The second kappa shape index (κ2) is 8.03. The molecule has 30 heavy (non-hydrogen) atoms. The summed E-state index contributed by atoms with van der Waals surface area (Å²) in [5, 5.41) is 18.5. The first-order valence-electron chi connectivity index (χ1n) is 9.30. The van der Waals surface area contributed by atoms with E-state index in [9.17, 15) is 14.4 Å². The molecule has 0 bridgehead atoms. The van der Waals surface area contributed by atoms with Gasteiger partial charge in [0.15, 0.2) is 0 Å². The monoisotopic (exact) mass is 425 g/mol. The van der Waals surface area contributed by atoms with E-state index in [0.717, 1.165) is 5.39 Å². The molecule has 0 fully saturated rings. The van der Waals surface area contributed by atoms with E-state index >= 15 is 0 Å². The molecule has 4 aromatic rings. The molecule has 0 saturated carbocycles. The van der Waals surface area contributed by atoms with Gasteiger partial charge in [0.2, 0.25) is 5.91 Å². The number of amides is 1. The molecule has 0 aliphatic rings. The van der Waals surface area contributed by atoms with E-state index in [4.69, 9.17) is 0 Å². The first-order chi connectivity index (χ1) is 14.5. The molecule has 1 aromatic carbocycles. The van der Waals surface area contributed by atoms with E-state index in [1.165, 1.54) is 25.4 Å². The van der Waals surface area contributed by atoms with E-state index in [0.29, 0.717) is 16.1 Å². The van der Waals surface area contributed by atoms with Gasteiger partial charge in [-0.1, -0.05) is 18.2 Å². The maximum Gasteiger partial charge on any atom is 0.369 e. The average Bonchev–Trinajstić information content (AvgIpc) is 3.40. The Bertz CT molecular complexity index is 1320. The van der Waals surface area contributed by atoms with Crippen LogP contribution in [0.3, 0.4) is 0 Å². The zero-order valence-electron chi connectivity index (χ0n) is 16.3. The Morgan fingerprint density at radius 1 is 1.13 bits per heavy atom. The number of aromatic nitrogens is 6. The number of tetrazole rings is 1. The Morgan fingerprint density at radius 2 is 1.90 bits per heavy atom. The Balaban J connectivity index is 1.45. The van der Waals surface area contributed by atoms with Crippen LogP contribution in [0.15, 0.2) is 51.4 Å². The van der Waals surface area contributed by atoms with Gasteiger partial charge < -0.3 is 5.32 Å². The second-order valence-corrected chi connectivity index (χ2v) is 7.62. The summed E-state index contributed by atoms with van der Waals surface area (Å²) in [6.45, 7) is 3.72. The summed E-state index contributed by atoms with van der Waals surface area (Å²) < 4.78 is 3.57. The van der Waals surface area contributed by atoms with Gasteiger partial charge in [0.05, 0.1) is 17.6 Å². The van der Waals surface area contributed by atoms with Crippen molar-refractivity contribution < 1.29 is 4.79 Å². The van der Waals surface area contributed by atoms with Crippen LogP contribution in [0.25, 0.3) is 15.8 Å². The van der Waals surface area contributed by atoms with Gasteiger partial charge in [-0.25, -0.2) is 9.48 Å². The molecule has 3 aromatic heterocycles. The van der Waals surface area contributed by atoms with Gasteiger partial charge in [-0.3, -0.25) is 9.59 Å². The van der Waals surface area contributed by atoms with Crippen molar-refractivity contribution in [3.63, 3.8) is 0 Å². The number of carbonyl (C=O) groups excluding carboxylic acids is 1. The molecular formula is C19H19N7O3S. The van der Waals surface area contributed by atoms with Crippen molar-refractivity contribution >= 4 is 28.0 Å². The fraction of sp³-hybridized carbons (Fsp3) is 0.263. The fourth-order valence-corrected chi connectivity index (χ4v) is 3.79. The zero-order valence-corrected chi connectivity index (χ0v) is 17.2. The third-order valence-corrected chi connectivity index (χ3v) is 5.58. The van der Waals surface area contributed by atoms with Gasteiger partial charge >= 0.3 is 5.69 Å². The number of aryl methyl sites for hydroxylation is 1. The SMILES string of the molecule is Cc1nn(C(C)C(=O)NCCn2nnn(-c3cccs3)c2=O)c(=O)c2ccccc12. The summed E-state index contributed by atoms with van der Waals surface area (Å²) in [6.07, 6.45) is 0. The lowest BCUT2D eigenvalue weighted by Crippen LogP contribution is -2.39. The van der Waals surface area contributed by atoms with E-state index in [-0.39, 0.29) is 30.2 Å². The summed E-state index contributed by atoms with van der Waals surface area (Å²) in [4.78, 5) is 37.7. The number of fused-ring (bicyclic) bond motifs is 1. The van der Waals surface area contributed by atoms with Crippen molar-refractivity contribution in [2.45, 2.75) is 26.4 Å². The maximum atomic E-state index is 12.7. The Hall–Kier alpha value is -3.60. The second-order valence-electron chi connectivity index (χ2n) is 6.70. The average molecular weight is 425 g/mol. The first kappa shape index (κ1) is 19.7. The predicted octanol–water partition coefficient (Wildman–Crippen LogP) is 0.886. The first-order valence-corrected chi connectivity index (χ1v) is 10.2. The lowest BCUT2D eigenvalue weighted by Gasteiger charge is -2.15. The molecule has 3 heterocycles. The van der Waals surface area contributed by atoms with Crippen molar-refractivity contribution in [3.05, 3.63) is 68.3 Å². The third kappa shape index (κ3) is 3.54. The number of hydrogen-bond donors (Lipinski definition) is 1. The van der Waals surface area contributed by atoms with Crippen molar-refractivity contribution in [1.82, 2.24) is 34.9 Å². The van der Waals surface area contributed by atoms with Crippen LogP contribution < -0.4 is 16.6 Å². The predicted molar refractivity (Wildman–Crippen MR) is 112 cm³/mol.